The largest absolute Gasteiger partial charge is 0.330 e. The zero-order valence-corrected chi connectivity index (χ0v) is 12.2. The molecule has 0 saturated heterocycles. The highest BCUT2D eigenvalue weighted by Crippen LogP contribution is 2.35. The molecule has 0 amide bonds. The van der Waals surface area contributed by atoms with Gasteiger partial charge in [0.05, 0.1) is 16.4 Å². The van der Waals surface area contributed by atoms with E-state index in [9.17, 15) is 0 Å². The lowest BCUT2D eigenvalue weighted by atomic mass is 9.91. The molecule has 0 aliphatic heterocycles. The first-order chi connectivity index (χ1) is 8.71. The van der Waals surface area contributed by atoms with Crippen molar-refractivity contribution in [3.8, 4) is 0 Å². The van der Waals surface area contributed by atoms with Crippen LogP contribution in [0.3, 0.4) is 0 Å². The van der Waals surface area contributed by atoms with E-state index in [2.05, 4.69) is 23.6 Å². The molecule has 0 aromatic carbocycles. The van der Waals surface area contributed by atoms with E-state index in [1.165, 1.54) is 25.0 Å². The molecule has 0 spiro atoms. The highest BCUT2D eigenvalue weighted by molar-refractivity contribution is 6.31. The molecule has 1 saturated carbocycles. The Morgan fingerprint density at radius 3 is 2.67 bits per heavy atom. The third kappa shape index (κ3) is 2.57. The van der Waals surface area contributed by atoms with E-state index >= 15 is 0 Å². The number of hydrogen-bond donors (Lipinski definition) is 1. The molecule has 1 aliphatic carbocycles. The molecule has 2 atom stereocenters. The highest BCUT2D eigenvalue weighted by Gasteiger charge is 2.28. The standard InChI is InChI=1S/C14H24ClN3/c1-3-12-14(15)13(18(4-2)17-12)8-10-6-5-7-11(10)9-16/h10-11H,3-9,16H2,1-2H3. The molecule has 1 aliphatic rings. The molecule has 4 heteroatoms. The average molecular weight is 270 g/mol. The normalized spacial score (nSPS) is 23.8. The maximum Gasteiger partial charge on any atom is 0.0849 e. The summed E-state index contributed by atoms with van der Waals surface area (Å²) in [6.07, 6.45) is 5.82. The molecule has 3 nitrogen and oxygen atoms in total. The van der Waals surface area contributed by atoms with Crippen LogP contribution in [-0.2, 0) is 19.4 Å². The molecule has 0 bridgehead atoms. The van der Waals surface area contributed by atoms with Gasteiger partial charge in [0.1, 0.15) is 0 Å². The van der Waals surface area contributed by atoms with Crippen LogP contribution >= 0.6 is 11.6 Å². The first-order valence-corrected chi connectivity index (χ1v) is 7.53. The van der Waals surface area contributed by atoms with E-state index in [1.807, 2.05) is 0 Å². The van der Waals surface area contributed by atoms with E-state index < -0.39 is 0 Å². The van der Waals surface area contributed by atoms with Crippen LogP contribution in [0.1, 0.15) is 44.5 Å². The second-order valence-electron chi connectivity index (χ2n) is 5.27. The highest BCUT2D eigenvalue weighted by atomic mass is 35.5. The lowest BCUT2D eigenvalue weighted by molar-refractivity contribution is 0.383. The third-order valence-electron chi connectivity index (χ3n) is 4.27. The fourth-order valence-electron chi connectivity index (χ4n) is 3.15. The monoisotopic (exact) mass is 269 g/mol. The molecule has 1 fully saturated rings. The van der Waals surface area contributed by atoms with Gasteiger partial charge in [0.25, 0.3) is 0 Å². The Morgan fingerprint density at radius 1 is 1.33 bits per heavy atom. The Morgan fingerprint density at radius 2 is 2.06 bits per heavy atom. The molecule has 2 N–H and O–H groups in total. The number of nitrogens with zero attached hydrogens (tertiary/aromatic N) is 2. The maximum atomic E-state index is 6.46. The number of aryl methyl sites for hydroxylation is 2. The maximum absolute atomic E-state index is 6.46. The van der Waals surface area contributed by atoms with Gasteiger partial charge < -0.3 is 5.73 Å². The predicted molar refractivity (Wildman–Crippen MR) is 75.9 cm³/mol. The van der Waals surface area contributed by atoms with Crippen molar-refractivity contribution in [2.24, 2.45) is 17.6 Å². The van der Waals surface area contributed by atoms with Gasteiger partial charge >= 0.3 is 0 Å². The fraction of sp³-hybridized carbons (Fsp3) is 0.786. The average Bonchev–Trinajstić information content (AvgIpc) is 2.95. The lowest BCUT2D eigenvalue weighted by Crippen LogP contribution is -2.21. The second kappa shape index (κ2) is 6.07. The van der Waals surface area contributed by atoms with E-state index in [0.29, 0.717) is 11.8 Å². The molecule has 0 radical (unpaired) electrons. The molecule has 2 unspecified atom stereocenters. The first kappa shape index (κ1) is 13.9. The quantitative estimate of drug-likeness (QED) is 0.893. The third-order valence-corrected chi connectivity index (χ3v) is 4.71. The molecule has 1 aromatic rings. The molecule has 1 heterocycles. The summed E-state index contributed by atoms with van der Waals surface area (Å²) in [4.78, 5) is 0. The Labute approximate surface area is 115 Å². The van der Waals surface area contributed by atoms with Gasteiger partial charge in [-0.25, -0.2) is 0 Å². The van der Waals surface area contributed by atoms with Crippen molar-refractivity contribution in [1.29, 1.82) is 0 Å². The zero-order chi connectivity index (χ0) is 13.1. The lowest BCUT2D eigenvalue weighted by Gasteiger charge is -2.18. The van der Waals surface area contributed by atoms with E-state index in [0.717, 1.165) is 36.6 Å². The summed E-state index contributed by atoms with van der Waals surface area (Å²) < 4.78 is 2.08. The Hall–Kier alpha value is -0.540. The fourth-order valence-corrected chi connectivity index (χ4v) is 3.50. The van der Waals surface area contributed by atoms with Crippen LogP contribution in [0, 0.1) is 11.8 Å². The van der Waals surface area contributed by atoms with Gasteiger partial charge in [-0.05, 0) is 51.0 Å². The van der Waals surface area contributed by atoms with Gasteiger partial charge in [0, 0.05) is 6.54 Å². The topological polar surface area (TPSA) is 43.8 Å². The first-order valence-electron chi connectivity index (χ1n) is 7.15. The summed E-state index contributed by atoms with van der Waals surface area (Å²) in [6.45, 7) is 5.94. The van der Waals surface area contributed by atoms with Gasteiger partial charge in [-0.3, -0.25) is 4.68 Å². The van der Waals surface area contributed by atoms with Crippen molar-refractivity contribution in [2.75, 3.05) is 6.54 Å². The molecule has 18 heavy (non-hydrogen) atoms. The SMILES string of the molecule is CCc1nn(CC)c(CC2CCCC2CN)c1Cl. The molecular weight excluding hydrogens is 246 g/mol. The Kier molecular flexibility index (Phi) is 4.68. The minimum Gasteiger partial charge on any atom is -0.330 e. The second-order valence-corrected chi connectivity index (χ2v) is 5.65. The Bertz CT molecular complexity index is 400. The summed E-state index contributed by atoms with van der Waals surface area (Å²) >= 11 is 6.46. The summed E-state index contributed by atoms with van der Waals surface area (Å²) in [7, 11) is 0. The van der Waals surface area contributed by atoms with Crippen LogP contribution in [0.25, 0.3) is 0 Å². The summed E-state index contributed by atoms with van der Waals surface area (Å²) in [5, 5.41) is 5.48. The molecular formula is C14H24ClN3. The number of nitrogens with two attached hydrogens (primary N) is 1. The van der Waals surface area contributed by atoms with Crippen LogP contribution in [0.2, 0.25) is 5.02 Å². The van der Waals surface area contributed by atoms with Crippen LogP contribution < -0.4 is 5.73 Å². The van der Waals surface area contributed by atoms with Crippen molar-refractivity contribution in [3.05, 3.63) is 16.4 Å². The summed E-state index contributed by atoms with van der Waals surface area (Å²) in [6, 6.07) is 0. The smallest absolute Gasteiger partial charge is 0.0849 e. The number of hydrogen-bond acceptors (Lipinski definition) is 2. The number of aromatic nitrogens is 2. The van der Waals surface area contributed by atoms with Crippen molar-refractivity contribution >= 4 is 11.6 Å². The van der Waals surface area contributed by atoms with E-state index in [4.69, 9.17) is 17.3 Å². The van der Waals surface area contributed by atoms with Crippen LogP contribution in [0.4, 0.5) is 0 Å². The van der Waals surface area contributed by atoms with Crippen LogP contribution in [0.5, 0.6) is 0 Å². The number of rotatable bonds is 5. The van der Waals surface area contributed by atoms with Gasteiger partial charge in [0.15, 0.2) is 0 Å². The van der Waals surface area contributed by atoms with E-state index in [-0.39, 0.29) is 0 Å². The van der Waals surface area contributed by atoms with Gasteiger partial charge in [0.2, 0.25) is 0 Å². The van der Waals surface area contributed by atoms with Gasteiger partial charge in [-0.1, -0.05) is 24.9 Å². The minimum atomic E-state index is 0.673. The summed E-state index contributed by atoms with van der Waals surface area (Å²) in [5.74, 6) is 1.37. The van der Waals surface area contributed by atoms with Crippen LogP contribution in [-0.4, -0.2) is 16.3 Å². The van der Waals surface area contributed by atoms with Crippen molar-refractivity contribution in [3.63, 3.8) is 0 Å². The molecule has 1 aromatic heterocycles. The predicted octanol–water partition coefficient (Wildman–Crippen LogP) is 3.04. The number of halogens is 1. The summed E-state index contributed by atoms with van der Waals surface area (Å²) in [5.41, 5.74) is 8.12. The minimum absolute atomic E-state index is 0.673. The van der Waals surface area contributed by atoms with Gasteiger partial charge in [-0.15, -0.1) is 0 Å². The van der Waals surface area contributed by atoms with E-state index in [1.54, 1.807) is 0 Å². The zero-order valence-electron chi connectivity index (χ0n) is 11.5. The Balaban J connectivity index is 2.19. The molecule has 2 rings (SSSR count). The molecule has 102 valence electrons. The van der Waals surface area contributed by atoms with Crippen molar-refractivity contribution in [1.82, 2.24) is 9.78 Å². The van der Waals surface area contributed by atoms with Gasteiger partial charge in [-0.2, -0.15) is 5.10 Å². The van der Waals surface area contributed by atoms with Crippen molar-refractivity contribution < 1.29 is 0 Å². The van der Waals surface area contributed by atoms with Crippen LogP contribution in [0.15, 0.2) is 0 Å². The van der Waals surface area contributed by atoms with Crippen molar-refractivity contribution in [2.45, 2.75) is 52.5 Å².